The van der Waals surface area contributed by atoms with Crippen molar-refractivity contribution >= 4 is 27.7 Å². The van der Waals surface area contributed by atoms with Gasteiger partial charge in [0.2, 0.25) is 11.8 Å². The highest BCUT2D eigenvalue weighted by Crippen LogP contribution is 2.29. The van der Waals surface area contributed by atoms with E-state index < -0.39 is 27.9 Å². The lowest BCUT2D eigenvalue weighted by Crippen LogP contribution is -2.55. The number of nitrogens with zero attached hydrogens (tertiary/aromatic N) is 3. The van der Waals surface area contributed by atoms with Gasteiger partial charge in [0.05, 0.1) is 11.2 Å². The molecule has 1 aromatic carbocycles. The molecule has 2 saturated heterocycles. The average Bonchev–Trinajstić information content (AvgIpc) is 3.43. The van der Waals surface area contributed by atoms with Crippen molar-refractivity contribution in [1.82, 2.24) is 14.1 Å². The Hall–Kier alpha value is -3.14. The van der Waals surface area contributed by atoms with Crippen LogP contribution in [0.5, 0.6) is 0 Å². The number of carbonyl (C=O) groups excluding carboxylic acids is 3. The van der Waals surface area contributed by atoms with E-state index in [9.17, 15) is 22.8 Å². The molecule has 0 spiro atoms. The van der Waals surface area contributed by atoms with E-state index in [1.807, 2.05) is 6.92 Å². The zero-order chi connectivity index (χ0) is 22.2. The zero-order valence-electron chi connectivity index (χ0n) is 17.1. The van der Waals surface area contributed by atoms with Gasteiger partial charge in [0.25, 0.3) is 15.9 Å². The number of amides is 3. The molecule has 31 heavy (non-hydrogen) atoms. The Kier molecular flexibility index (Phi) is 5.57. The summed E-state index contributed by atoms with van der Waals surface area (Å²) in [4.78, 5) is 41.1. The van der Waals surface area contributed by atoms with Crippen molar-refractivity contribution in [3.05, 3.63) is 54.0 Å². The first-order chi connectivity index (χ1) is 14.8. The van der Waals surface area contributed by atoms with E-state index in [1.165, 1.54) is 23.3 Å². The van der Waals surface area contributed by atoms with Crippen LogP contribution in [0.1, 0.15) is 29.0 Å². The topological polar surface area (TPSA) is 108 Å². The van der Waals surface area contributed by atoms with Gasteiger partial charge in [-0.3, -0.25) is 14.4 Å². The Morgan fingerprint density at radius 3 is 2.26 bits per heavy atom. The highest BCUT2D eigenvalue weighted by Gasteiger charge is 2.46. The van der Waals surface area contributed by atoms with E-state index in [-0.39, 0.29) is 42.5 Å². The van der Waals surface area contributed by atoms with Crippen molar-refractivity contribution in [3.8, 4) is 0 Å². The van der Waals surface area contributed by atoms with Crippen LogP contribution >= 0.6 is 0 Å². The molecule has 10 heteroatoms. The summed E-state index contributed by atoms with van der Waals surface area (Å²) in [5, 5.41) is 0. The minimum Gasteiger partial charge on any atom is -0.459 e. The summed E-state index contributed by atoms with van der Waals surface area (Å²) in [5.74, 6) is -1.01. The summed E-state index contributed by atoms with van der Waals surface area (Å²) in [5.41, 5.74) is 0.890. The molecule has 9 nitrogen and oxygen atoms in total. The lowest BCUT2D eigenvalue weighted by molar-refractivity contribution is -0.139. The molecule has 2 aliphatic heterocycles. The van der Waals surface area contributed by atoms with E-state index in [2.05, 4.69) is 0 Å². The molecular weight excluding hydrogens is 422 g/mol. The highest BCUT2D eigenvalue weighted by molar-refractivity contribution is 7.89. The van der Waals surface area contributed by atoms with Gasteiger partial charge in [-0.1, -0.05) is 17.7 Å². The fraction of sp³-hybridized carbons (Fsp3) is 0.381. The second-order valence-electron chi connectivity index (χ2n) is 7.66. The Labute approximate surface area is 180 Å². The van der Waals surface area contributed by atoms with Crippen LogP contribution in [0.25, 0.3) is 0 Å². The third-order valence-corrected chi connectivity index (χ3v) is 7.48. The molecule has 1 aromatic heterocycles. The third-order valence-electron chi connectivity index (χ3n) is 5.63. The molecule has 3 heterocycles. The first kappa shape index (κ1) is 21.1. The van der Waals surface area contributed by atoms with Gasteiger partial charge in [-0.05, 0) is 37.6 Å². The number of hydrogen-bond donors (Lipinski definition) is 0. The summed E-state index contributed by atoms with van der Waals surface area (Å²) in [6, 6.07) is 8.34. The molecule has 1 unspecified atom stereocenters. The van der Waals surface area contributed by atoms with Gasteiger partial charge in [0, 0.05) is 32.6 Å². The molecule has 2 aromatic rings. The number of sulfonamides is 1. The largest absolute Gasteiger partial charge is 0.459 e. The van der Waals surface area contributed by atoms with Crippen LogP contribution in [0.4, 0.5) is 0 Å². The predicted octanol–water partition coefficient (Wildman–Crippen LogP) is 1.25. The maximum atomic E-state index is 13.1. The lowest BCUT2D eigenvalue weighted by atomic mass is 10.2. The van der Waals surface area contributed by atoms with Crippen LogP contribution in [0, 0.1) is 6.92 Å². The summed E-state index contributed by atoms with van der Waals surface area (Å²) in [6.07, 6.45) is 1.57. The summed E-state index contributed by atoms with van der Waals surface area (Å²) >= 11 is 0. The smallest absolute Gasteiger partial charge is 0.289 e. The minimum absolute atomic E-state index is 0.00155. The molecule has 4 rings (SSSR count). The quantitative estimate of drug-likeness (QED) is 0.701. The summed E-state index contributed by atoms with van der Waals surface area (Å²) in [7, 11) is -4.13. The van der Waals surface area contributed by atoms with Gasteiger partial charge in [0.15, 0.2) is 5.76 Å². The number of piperazine rings is 1. The molecule has 0 bridgehead atoms. The second-order valence-corrected chi connectivity index (χ2v) is 9.47. The average molecular weight is 445 g/mol. The molecule has 164 valence electrons. The first-order valence-electron chi connectivity index (χ1n) is 10.0. The van der Waals surface area contributed by atoms with Gasteiger partial charge in [0.1, 0.15) is 6.04 Å². The molecule has 0 N–H and O–H groups in total. The highest BCUT2D eigenvalue weighted by atomic mass is 32.2. The fourth-order valence-corrected chi connectivity index (χ4v) is 5.50. The third kappa shape index (κ3) is 3.95. The number of rotatable bonds is 4. The Bertz CT molecular complexity index is 1090. The fourth-order valence-electron chi connectivity index (χ4n) is 3.91. The molecule has 2 aliphatic rings. The second kappa shape index (κ2) is 8.18. The Morgan fingerprint density at radius 1 is 1.00 bits per heavy atom. The number of aryl methyl sites for hydroxylation is 1. The predicted molar refractivity (Wildman–Crippen MR) is 109 cm³/mol. The molecule has 0 aliphatic carbocycles. The first-order valence-corrected chi connectivity index (χ1v) is 11.5. The van der Waals surface area contributed by atoms with E-state index >= 15 is 0 Å². The van der Waals surface area contributed by atoms with Crippen LogP contribution in [-0.2, 0) is 19.6 Å². The summed E-state index contributed by atoms with van der Waals surface area (Å²) in [6.45, 7) is 2.95. The molecule has 1 atom stereocenters. The standard InChI is InChI=1S/C21H23N3O6S/c1-15-4-6-16(7-5-15)31(28,29)24-17(8-9-19(24)25)20(26)22-10-12-23(13-11-22)21(27)18-3-2-14-30-18/h2-7,14,17H,8-13H2,1H3. The normalized spacial score (nSPS) is 19.7. The molecule has 0 saturated carbocycles. The number of benzene rings is 1. The van der Waals surface area contributed by atoms with Crippen LogP contribution in [-0.4, -0.2) is 72.5 Å². The van der Waals surface area contributed by atoms with E-state index in [4.69, 9.17) is 4.42 Å². The Balaban J connectivity index is 1.47. The van der Waals surface area contributed by atoms with E-state index in [0.29, 0.717) is 13.1 Å². The van der Waals surface area contributed by atoms with Gasteiger partial charge < -0.3 is 14.2 Å². The van der Waals surface area contributed by atoms with Crippen molar-refractivity contribution in [2.24, 2.45) is 0 Å². The molecular formula is C21H23N3O6S. The van der Waals surface area contributed by atoms with Crippen molar-refractivity contribution in [1.29, 1.82) is 0 Å². The van der Waals surface area contributed by atoms with Crippen LogP contribution in [0.3, 0.4) is 0 Å². The van der Waals surface area contributed by atoms with Crippen LogP contribution in [0.2, 0.25) is 0 Å². The van der Waals surface area contributed by atoms with Crippen molar-refractivity contribution in [3.63, 3.8) is 0 Å². The van der Waals surface area contributed by atoms with Crippen molar-refractivity contribution < 1.29 is 27.2 Å². The number of furan rings is 1. The molecule has 0 radical (unpaired) electrons. The monoisotopic (exact) mass is 445 g/mol. The van der Waals surface area contributed by atoms with Crippen molar-refractivity contribution in [2.45, 2.75) is 30.7 Å². The van der Waals surface area contributed by atoms with Gasteiger partial charge >= 0.3 is 0 Å². The SMILES string of the molecule is Cc1ccc(S(=O)(=O)N2C(=O)CCC2C(=O)N2CCN(C(=O)c3ccco3)CC2)cc1. The van der Waals surface area contributed by atoms with E-state index in [1.54, 1.807) is 29.2 Å². The van der Waals surface area contributed by atoms with Crippen LogP contribution in [0.15, 0.2) is 52.0 Å². The van der Waals surface area contributed by atoms with Crippen LogP contribution < -0.4 is 0 Å². The lowest BCUT2D eigenvalue weighted by Gasteiger charge is -2.36. The Morgan fingerprint density at radius 2 is 1.65 bits per heavy atom. The summed E-state index contributed by atoms with van der Waals surface area (Å²) < 4.78 is 32.1. The van der Waals surface area contributed by atoms with E-state index in [0.717, 1.165) is 9.87 Å². The molecule has 2 fully saturated rings. The maximum absolute atomic E-state index is 13.1. The van der Waals surface area contributed by atoms with Gasteiger partial charge in [-0.2, -0.15) is 0 Å². The minimum atomic E-state index is -4.13. The van der Waals surface area contributed by atoms with Gasteiger partial charge in [-0.15, -0.1) is 0 Å². The zero-order valence-corrected chi connectivity index (χ0v) is 17.9. The van der Waals surface area contributed by atoms with Gasteiger partial charge in [-0.25, -0.2) is 12.7 Å². The maximum Gasteiger partial charge on any atom is 0.289 e. The number of carbonyl (C=O) groups is 3. The van der Waals surface area contributed by atoms with Crippen molar-refractivity contribution in [2.75, 3.05) is 26.2 Å². The number of hydrogen-bond acceptors (Lipinski definition) is 6. The molecule has 3 amide bonds.